The van der Waals surface area contributed by atoms with Gasteiger partial charge >= 0.3 is 0 Å². The number of nitrogens with zero attached hydrogens (tertiary/aromatic N) is 1. The van der Waals surface area contributed by atoms with E-state index >= 15 is 0 Å². The van der Waals surface area contributed by atoms with Gasteiger partial charge in [0.15, 0.2) is 0 Å². The minimum Gasteiger partial charge on any atom is -0.347 e. The SMILES string of the molecule is c1cc(CNC2CC2)n(C2CC2)c1. The number of hydrogen-bond acceptors (Lipinski definition) is 1. The fourth-order valence-corrected chi connectivity index (χ4v) is 1.82. The zero-order valence-electron chi connectivity index (χ0n) is 7.87. The molecule has 0 radical (unpaired) electrons. The van der Waals surface area contributed by atoms with Gasteiger partial charge in [0.25, 0.3) is 0 Å². The lowest BCUT2D eigenvalue weighted by Gasteiger charge is -2.07. The van der Waals surface area contributed by atoms with Crippen molar-refractivity contribution in [1.82, 2.24) is 9.88 Å². The molecule has 0 saturated heterocycles. The summed E-state index contributed by atoms with van der Waals surface area (Å²) in [5.74, 6) is 0. The maximum atomic E-state index is 3.56. The Morgan fingerprint density at radius 3 is 2.85 bits per heavy atom. The molecule has 0 unspecified atom stereocenters. The first-order valence-corrected chi connectivity index (χ1v) is 5.32. The van der Waals surface area contributed by atoms with Crippen molar-refractivity contribution < 1.29 is 0 Å². The number of aromatic nitrogens is 1. The van der Waals surface area contributed by atoms with Gasteiger partial charge in [-0.15, -0.1) is 0 Å². The van der Waals surface area contributed by atoms with Crippen molar-refractivity contribution in [2.75, 3.05) is 0 Å². The molecule has 13 heavy (non-hydrogen) atoms. The molecule has 2 aliphatic rings. The monoisotopic (exact) mass is 176 g/mol. The molecule has 2 aliphatic carbocycles. The third kappa shape index (κ3) is 1.63. The first-order chi connectivity index (χ1) is 6.43. The van der Waals surface area contributed by atoms with Gasteiger partial charge in [-0.05, 0) is 37.8 Å². The molecular formula is C11H16N2. The predicted octanol–water partition coefficient (Wildman–Crippen LogP) is 2.08. The van der Waals surface area contributed by atoms with E-state index in [1.54, 1.807) is 0 Å². The Bertz CT molecular complexity index is 295. The van der Waals surface area contributed by atoms with E-state index in [-0.39, 0.29) is 0 Å². The summed E-state index contributed by atoms with van der Waals surface area (Å²) >= 11 is 0. The summed E-state index contributed by atoms with van der Waals surface area (Å²) in [5.41, 5.74) is 1.47. The molecular weight excluding hydrogens is 160 g/mol. The fourth-order valence-electron chi connectivity index (χ4n) is 1.82. The van der Waals surface area contributed by atoms with Gasteiger partial charge in [-0.1, -0.05) is 0 Å². The summed E-state index contributed by atoms with van der Waals surface area (Å²) in [5, 5.41) is 3.56. The molecule has 2 fully saturated rings. The molecule has 0 aliphatic heterocycles. The van der Waals surface area contributed by atoms with Crippen LogP contribution in [0.15, 0.2) is 18.3 Å². The molecule has 0 amide bonds. The Kier molecular flexibility index (Phi) is 1.69. The molecule has 3 rings (SSSR count). The lowest BCUT2D eigenvalue weighted by molar-refractivity contribution is 0.619. The van der Waals surface area contributed by atoms with Crippen LogP contribution in [0.3, 0.4) is 0 Å². The van der Waals surface area contributed by atoms with Crippen LogP contribution in [-0.2, 0) is 6.54 Å². The molecule has 2 heteroatoms. The molecule has 0 bridgehead atoms. The summed E-state index contributed by atoms with van der Waals surface area (Å²) in [6.07, 6.45) is 7.74. The van der Waals surface area contributed by atoms with Crippen LogP contribution in [-0.4, -0.2) is 10.6 Å². The van der Waals surface area contributed by atoms with Crippen LogP contribution in [0.2, 0.25) is 0 Å². The van der Waals surface area contributed by atoms with Gasteiger partial charge in [0.2, 0.25) is 0 Å². The average molecular weight is 176 g/mol. The standard InChI is InChI=1S/C11H16N2/c1-2-11(8-12-9-3-4-9)13(7-1)10-5-6-10/h1-2,7,9-10,12H,3-6,8H2. The molecule has 70 valence electrons. The van der Waals surface area contributed by atoms with E-state index < -0.39 is 0 Å². The summed E-state index contributed by atoms with van der Waals surface area (Å²) in [7, 11) is 0. The summed E-state index contributed by atoms with van der Waals surface area (Å²) in [4.78, 5) is 0. The van der Waals surface area contributed by atoms with Crippen LogP contribution in [0, 0.1) is 0 Å². The molecule has 1 aromatic rings. The van der Waals surface area contributed by atoms with Crippen molar-refractivity contribution >= 4 is 0 Å². The highest BCUT2D eigenvalue weighted by Crippen LogP contribution is 2.36. The van der Waals surface area contributed by atoms with Crippen LogP contribution in [0.25, 0.3) is 0 Å². The lowest BCUT2D eigenvalue weighted by atomic mass is 10.4. The van der Waals surface area contributed by atoms with E-state index in [2.05, 4.69) is 28.2 Å². The predicted molar refractivity (Wildman–Crippen MR) is 52.6 cm³/mol. The topological polar surface area (TPSA) is 17.0 Å². The summed E-state index contributed by atoms with van der Waals surface area (Å²) in [6, 6.07) is 6.06. The number of nitrogens with one attached hydrogen (secondary N) is 1. The van der Waals surface area contributed by atoms with E-state index in [1.165, 1.54) is 31.4 Å². The van der Waals surface area contributed by atoms with Crippen LogP contribution in [0.4, 0.5) is 0 Å². The zero-order chi connectivity index (χ0) is 8.67. The first kappa shape index (κ1) is 7.63. The molecule has 1 N–H and O–H groups in total. The second-order valence-corrected chi connectivity index (χ2v) is 4.29. The summed E-state index contributed by atoms with van der Waals surface area (Å²) < 4.78 is 2.44. The Hall–Kier alpha value is -0.760. The van der Waals surface area contributed by atoms with Gasteiger partial charge in [-0.3, -0.25) is 0 Å². The molecule has 0 spiro atoms. The minimum absolute atomic E-state index is 0.822. The van der Waals surface area contributed by atoms with Crippen molar-refractivity contribution in [1.29, 1.82) is 0 Å². The van der Waals surface area contributed by atoms with Crippen molar-refractivity contribution in [3.63, 3.8) is 0 Å². The molecule has 1 heterocycles. The van der Waals surface area contributed by atoms with Gasteiger partial charge in [0.1, 0.15) is 0 Å². The second kappa shape index (κ2) is 2.88. The molecule has 0 atom stereocenters. The highest BCUT2D eigenvalue weighted by Gasteiger charge is 2.25. The van der Waals surface area contributed by atoms with Crippen LogP contribution < -0.4 is 5.32 Å². The zero-order valence-corrected chi connectivity index (χ0v) is 7.87. The summed E-state index contributed by atoms with van der Waals surface area (Å²) in [6.45, 7) is 1.06. The Morgan fingerprint density at radius 2 is 2.15 bits per heavy atom. The van der Waals surface area contributed by atoms with Gasteiger partial charge in [0.05, 0.1) is 0 Å². The highest BCUT2D eigenvalue weighted by atomic mass is 15.1. The number of rotatable bonds is 4. The quantitative estimate of drug-likeness (QED) is 0.743. The third-order valence-electron chi connectivity index (χ3n) is 2.96. The maximum Gasteiger partial charge on any atom is 0.0361 e. The van der Waals surface area contributed by atoms with Crippen molar-refractivity contribution in [3.05, 3.63) is 24.0 Å². The van der Waals surface area contributed by atoms with E-state index in [0.717, 1.165) is 18.6 Å². The molecule has 0 aromatic carbocycles. The minimum atomic E-state index is 0.822. The van der Waals surface area contributed by atoms with E-state index in [1.807, 2.05) is 0 Å². The largest absolute Gasteiger partial charge is 0.347 e. The van der Waals surface area contributed by atoms with Crippen LogP contribution in [0.1, 0.15) is 37.4 Å². The average Bonchev–Trinajstić information content (AvgIpc) is 3.03. The molecule has 2 saturated carbocycles. The van der Waals surface area contributed by atoms with Crippen LogP contribution in [0.5, 0.6) is 0 Å². The third-order valence-corrected chi connectivity index (χ3v) is 2.96. The van der Waals surface area contributed by atoms with Gasteiger partial charge < -0.3 is 9.88 Å². The Labute approximate surface area is 78.9 Å². The first-order valence-electron chi connectivity index (χ1n) is 5.32. The smallest absolute Gasteiger partial charge is 0.0361 e. The van der Waals surface area contributed by atoms with E-state index in [0.29, 0.717) is 0 Å². The van der Waals surface area contributed by atoms with Crippen molar-refractivity contribution in [3.8, 4) is 0 Å². The van der Waals surface area contributed by atoms with Gasteiger partial charge in [-0.25, -0.2) is 0 Å². The second-order valence-electron chi connectivity index (χ2n) is 4.29. The Morgan fingerprint density at radius 1 is 1.31 bits per heavy atom. The highest BCUT2D eigenvalue weighted by molar-refractivity contribution is 5.11. The molecule has 2 nitrogen and oxygen atoms in total. The normalized spacial score (nSPS) is 22.2. The van der Waals surface area contributed by atoms with E-state index in [4.69, 9.17) is 0 Å². The number of hydrogen-bond donors (Lipinski definition) is 1. The van der Waals surface area contributed by atoms with Gasteiger partial charge in [0, 0.05) is 30.5 Å². The molecule has 1 aromatic heterocycles. The lowest BCUT2D eigenvalue weighted by Crippen LogP contribution is -2.17. The maximum absolute atomic E-state index is 3.56. The fraction of sp³-hybridized carbons (Fsp3) is 0.636. The van der Waals surface area contributed by atoms with Gasteiger partial charge in [-0.2, -0.15) is 0 Å². The Balaban J connectivity index is 1.67. The van der Waals surface area contributed by atoms with Crippen molar-refractivity contribution in [2.24, 2.45) is 0 Å². The van der Waals surface area contributed by atoms with Crippen molar-refractivity contribution in [2.45, 2.75) is 44.3 Å². The van der Waals surface area contributed by atoms with E-state index in [9.17, 15) is 0 Å². The van der Waals surface area contributed by atoms with Crippen LogP contribution >= 0.6 is 0 Å².